The first-order chi connectivity index (χ1) is 8.56. The van der Waals surface area contributed by atoms with Crippen molar-refractivity contribution in [2.75, 3.05) is 0 Å². The van der Waals surface area contributed by atoms with Gasteiger partial charge in [-0.1, -0.05) is 0 Å². The number of rotatable bonds is 2. The summed E-state index contributed by atoms with van der Waals surface area (Å²) < 4.78 is 16.2. The van der Waals surface area contributed by atoms with Gasteiger partial charge in [0, 0.05) is 28.0 Å². The predicted octanol–water partition coefficient (Wildman–Crippen LogP) is 3.50. The zero-order chi connectivity index (χ0) is 12.9. The van der Waals surface area contributed by atoms with E-state index in [1.807, 2.05) is 10.6 Å². The molecule has 1 aromatic carbocycles. The predicted molar refractivity (Wildman–Crippen MR) is 69.2 cm³/mol. The lowest BCUT2D eigenvalue weighted by Gasteiger charge is -2.04. The van der Waals surface area contributed by atoms with Gasteiger partial charge < -0.3 is 9.67 Å². The van der Waals surface area contributed by atoms with E-state index in [0.29, 0.717) is 4.47 Å². The van der Waals surface area contributed by atoms with Gasteiger partial charge >= 0.3 is 5.97 Å². The first-order valence-electron chi connectivity index (χ1n) is 5.76. The lowest BCUT2D eigenvalue weighted by molar-refractivity contribution is -0.137. The minimum absolute atomic E-state index is 0.0323. The fourth-order valence-electron chi connectivity index (χ4n) is 2.74. The molecule has 94 valence electrons. The lowest BCUT2D eigenvalue weighted by Crippen LogP contribution is -2.02. The normalized spacial score (nSPS) is 18.2. The summed E-state index contributed by atoms with van der Waals surface area (Å²) in [6, 6.07) is 4.91. The summed E-state index contributed by atoms with van der Waals surface area (Å²) in [5, 5.41) is 9.84. The molecule has 2 heterocycles. The number of hydrogen-bond acceptors (Lipinski definition) is 1. The van der Waals surface area contributed by atoms with Gasteiger partial charge in [-0.25, -0.2) is 4.39 Å². The van der Waals surface area contributed by atoms with Crippen molar-refractivity contribution in [1.29, 1.82) is 0 Å². The van der Waals surface area contributed by atoms with Gasteiger partial charge in [0.2, 0.25) is 0 Å². The van der Waals surface area contributed by atoms with Crippen molar-refractivity contribution in [3.8, 4) is 0 Å². The first kappa shape index (κ1) is 11.7. The van der Waals surface area contributed by atoms with Gasteiger partial charge in [0.15, 0.2) is 0 Å². The summed E-state index contributed by atoms with van der Waals surface area (Å²) in [5.41, 5.74) is 1.84. The van der Waals surface area contributed by atoms with Crippen LogP contribution in [0.25, 0.3) is 10.9 Å². The molecule has 18 heavy (non-hydrogen) atoms. The number of fused-ring (bicyclic) bond motifs is 3. The van der Waals surface area contributed by atoms with Gasteiger partial charge in [0.1, 0.15) is 5.82 Å². The van der Waals surface area contributed by atoms with Crippen LogP contribution in [0.15, 0.2) is 22.7 Å². The second kappa shape index (κ2) is 4.09. The van der Waals surface area contributed by atoms with Crippen LogP contribution in [-0.4, -0.2) is 15.6 Å². The maximum atomic E-state index is 13.4. The highest BCUT2D eigenvalue weighted by atomic mass is 79.9. The molecule has 3 nitrogen and oxygen atoms in total. The van der Waals surface area contributed by atoms with Crippen molar-refractivity contribution in [3.05, 3.63) is 34.2 Å². The number of benzene rings is 1. The highest BCUT2D eigenvalue weighted by molar-refractivity contribution is 9.10. The Bertz CT molecular complexity index is 650. The monoisotopic (exact) mass is 311 g/mol. The molecule has 0 saturated carbocycles. The van der Waals surface area contributed by atoms with Crippen LogP contribution in [0.3, 0.4) is 0 Å². The Morgan fingerprint density at radius 3 is 3.00 bits per heavy atom. The van der Waals surface area contributed by atoms with Crippen LogP contribution < -0.4 is 0 Å². The number of carbonyl (C=O) groups is 1. The number of carboxylic acids is 1. The van der Waals surface area contributed by atoms with E-state index in [0.717, 1.165) is 29.6 Å². The Morgan fingerprint density at radius 1 is 1.50 bits per heavy atom. The fraction of sp³-hybridized carbons (Fsp3) is 0.308. The summed E-state index contributed by atoms with van der Waals surface area (Å²) in [6.07, 6.45) is 0.947. The molecule has 2 aromatic rings. The van der Waals surface area contributed by atoms with Crippen LogP contribution in [0.2, 0.25) is 0 Å². The zero-order valence-corrected chi connectivity index (χ0v) is 11.1. The minimum Gasteiger partial charge on any atom is -0.481 e. The second-order valence-corrected chi connectivity index (χ2v) is 5.48. The number of aliphatic carboxylic acids is 1. The van der Waals surface area contributed by atoms with Crippen molar-refractivity contribution in [2.45, 2.75) is 25.3 Å². The molecular weight excluding hydrogens is 301 g/mol. The molecule has 0 unspecified atom stereocenters. The highest BCUT2D eigenvalue weighted by Gasteiger charge is 2.27. The molecule has 1 atom stereocenters. The summed E-state index contributed by atoms with van der Waals surface area (Å²) >= 11 is 3.35. The van der Waals surface area contributed by atoms with Crippen LogP contribution in [0.4, 0.5) is 4.39 Å². The largest absolute Gasteiger partial charge is 0.481 e. The molecule has 3 rings (SSSR count). The third kappa shape index (κ3) is 1.73. The van der Waals surface area contributed by atoms with E-state index in [2.05, 4.69) is 15.9 Å². The molecule has 0 spiro atoms. The Labute approximate surface area is 111 Å². The van der Waals surface area contributed by atoms with Crippen LogP contribution in [-0.2, 0) is 11.3 Å². The maximum absolute atomic E-state index is 13.4. The number of carboxylic acid groups (broad SMARTS) is 1. The van der Waals surface area contributed by atoms with E-state index in [4.69, 9.17) is 5.11 Å². The number of aryl methyl sites for hydroxylation is 1. The summed E-state index contributed by atoms with van der Waals surface area (Å²) in [6.45, 7) is 0.757. The molecule has 0 radical (unpaired) electrons. The number of aromatic nitrogens is 1. The van der Waals surface area contributed by atoms with E-state index in [1.54, 1.807) is 0 Å². The summed E-state index contributed by atoms with van der Waals surface area (Å²) in [5.74, 6) is -1.04. The average Bonchev–Trinajstić information content (AvgIpc) is 2.79. The van der Waals surface area contributed by atoms with Crippen molar-refractivity contribution >= 4 is 32.8 Å². The molecule has 1 aliphatic heterocycles. The molecule has 0 bridgehead atoms. The van der Waals surface area contributed by atoms with Crippen LogP contribution >= 0.6 is 15.9 Å². The SMILES string of the molecule is O=C(O)C[C@H]1CCn2c1cc1c(Br)cc(F)cc12. The molecule has 5 heteroatoms. The Morgan fingerprint density at radius 2 is 2.28 bits per heavy atom. The second-order valence-electron chi connectivity index (χ2n) is 4.62. The van der Waals surface area contributed by atoms with Crippen molar-refractivity contribution < 1.29 is 14.3 Å². The molecule has 0 fully saturated rings. The topological polar surface area (TPSA) is 42.2 Å². The first-order valence-corrected chi connectivity index (χ1v) is 6.55. The van der Waals surface area contributed by atoms with E-state index in [1.165, 1.54) is 12.1 Å². The van der Waals surface area contributed by atoms with E-state index in [-0.39, 0.29) is 18.2 Å². The van der Waals surface area contributed by atoms with E-state index >= 15 is 0 Å². The van der Waals surface area contributed by atoms with Crippen LogP contribution in [0, 0.1) is 5.82 Å². The van der Waals surface area contributed by atoms with Gasteiger partial charge in [-0.2, -0.15) is 0 Å². The molecule has 0 aliphatic carbocycles. The Hall–Kier alpha value is -1.36. The minimum atomic E-state index is -0.788. The van der Waals surface area contributed by atoms with Crippen LogP contribution in [0.5, 0.6) is 0 Å². The molecule has 0 saturated heterocycles. The standard InChI is InChI=1S/C13H11BrFNO2/c14-10-4-8(15)5-12-9(10)6-11-7(3-13(17)18)1-2-16(11)12/h4-7H,1-3H2,(H,17,18)/t7-/m1/s1. The molecule has 0 amide bonds. The van der Waals surface area contributed by atoms with Gasteiger partial charge in [0.25, 0.3) is 0 Å². The summed E-state index contributed by atoms with van der Waals surface area (Å²) in [7, 11) is 0. The molecule has 1 aromatic heterocycles. The third-order valence-corrected chi connectivity index (χ3v) is 4.16. The molecular formula is C13H11BrFNO2. The number of hydrogen-bond donors (Lipinski definition) is 1. The quantitative estimate of drug-likeness (QED) is 0.922. The van der Waals surface area contributed by atoms with Gasteiger partial charge in [-0.05, 0) is 40.5 Å². The van der Waals surface area contributed by atoms with E-state index in [9.17, 15) is 9.18 Å². The highest BCUT2D eigenvalue weighted by Crippen LogP contribution is 2.38. The van der Waals surface area contributed by atoms with Crippen molar-refractivity contribution in [3.63, 3.8) is 0 Å². The number of nitrogens with zero attached hydrogens (tertiary/aromatic N) is 1. The number of halogens is 2. The average molecular weight is 312 g/mol. The molecule has 1 aliphatic rings. The smallest absolute Gasteiger partial charge is 0.304 e. The Balaban J connectivity index is 2.15. The summed E-state index contributed by atoms with van der Waals surface area (Å²) in [4.78, 5) is 10.8. The van der Waals surface area contributed by atoms with Crippen molar-refractivity contribution in [1.82, 2.24) is 4.57 Å². The lowest BCUT2D eigenvalue weighted by atomic mass is 10.0. The van der Waals surface area contributed by atoms with E-state index < -0.39 is 5.97 Å². The van der Waals surface area contributed by atoms with Crippen LogP contribution in [0.1, 0.15) is 24.5 Å². The Kier molecular flexibility index (Phi) is 2.66. The zero-order valence-electron chi connectivity index (χ0n) is 9.49. The third-order valence-electron chi connectivity index (χ3n) is 3.51. The van der Waals surface area contributed by atoms with Gasteiger partial charge in [-0.15, -0.1) is 0 Å². The van der Waals surface area contributed by atoms with Crippen molar-refractivity contribution in [2.24, 2.45) is 0 Å². The van der Waals surface area contributed by atoms with Gasteiger partial charge in [0.05, 0.1) is 11.9 Å². The molecule has 1 N–H and O–H groups in total. The fourth-order valence-corrected chi connectivity index (χ4v) is 3.28. The maximum Gasteiger partial charge on any atom is 0.304 e. The van der Waals surface area contributed by atoms with Gasteiger partial charge in [-0.3, -0.25) is 4.79 Å².